The van der Waals surface area contributed by atoms with Gasteiger partial charge in [0.2, 0.25) is 0 Å². The van der Waals surface area contributed by atoms with Crippen LogP contribution < -0.4 is 10.1 Å². The molecular formula is C25H27NO2. The maximum absolute atomic E-state index is 12.9. The lowest BCUT2D eigenvalue weighted by molar-refractivity contribution is 0.0939. The zero-order valence-electron chi connectivity index (χ0n) is 16.5. The number of benzene rings is 3. The summed E-state index contributed by atoms with van der Waals surface area (Å²) in [6.45, 7) is 4.61. The summed E-state index contributed by atoms with van der Waals surface area (Å²) in [5, 5.41) is 3.12. The summed E-state index contributed by atoms with van der Waals surface area (Å²) < 4.78 is 5.48. The van der Waals surface area contributed by atoms with Crippen molar-refractivity contribution in [3.8, 4) is 5.75 Å². The minimum absolute atomic E-state index is 0.0370. The van der Waals surface area contributed by atoms with E-state index < -0.39 is 0 Å². The van der Waals surface area contributed by atoms with Crippen molar-refractivity contribution in [1.29, 1.82) is 0 Å². The lowest BCUT2D eigenvalue weighted by atomic mass is 9.99. The number of ether oxygens (including phenoxy) is 1. The van der Waals surface area contributed by atoms with Crippen molar-refractivity contribution in [2.45, 2.75) is 32.7 Å². The van der Waals surface area contributed by atoms with Gasteiger partial charge < -0.3 is 10.1 Å². The third-order valence-electron chi connectivity index (χ3n) is 4.83. The molecule has 0 spiro atoms. The maximum atomic E-state index is 12.9. The third-order valence-corrected chi connectivity index (χ3v) is 4.83. The van der Waals surface area contributed by atoms with Gasteiger partial charge in [-0.15, -0.1) is 0 Å². The molecule has 0 aliphatic carbocycles. The molecule has 0 saturated carbocycles. The predicted molar refractivity (Wildman–Crippen MR) is 114 cm³/mol. The normalized spacial score (nSPS) is 11.6. The highest BCUT2D eigenvalue weighted by atomic mass is 16.5. The molecule has 3 rings (SSSR count). The van der Waals surface area contributed by atoms with Gasteiger partial charge in [0.05, 0.1) is 12.6 Å². The van der Waals surface area contributed by atoms with E-state index in [2.05, 4.69) is 17.4 Å². The molecule has 0 aromatic heterocycles. The van der Waals surface area contributed by atoms with Crippen LogP contribution in [-0.2, 0) is 12.8 Å². The summed E-state index contributed by atoms with van der Waals surface area (Å²) in [7, 11) is 0. The van der Waals surface area contributed by atoms with Crippen LogP contribution in [0, 0.1) is 0 Å². The van der Waals surface area contributed by atoms with E-state index in [1.165, 1.54) is 5.56 Å². The lowest BCUT2D eigenvalue weighted by Gasteiger charge is -2.17. The Kier molecular flexibility index (Phi) is 6.85. The monoisotopic (exact) mass is 373 g/mol. The first-order chi connectivity index (χ1) is 13.7. The van der Waals surface area contributed by atoms with Crippen molar-refractivity contribution in [3.05, 3.63) is 101 Å². The van der Waals surface area contributed by atoms with Crippen LogP contribution in [0.15, 0.2) is 78.9 Å². The highest BCUT2D eigenvalue weighted by molar-refractivity contribution is 5.95. The molecule has 3 heteroatoms. The van der Waals surface area contributed by atoms with Crippen molar-refractivity contribution < 1.29 is 9.53 Å². The largest absolute Gasteiger partial charge is 0.494 e. The number of carbonyl (C=O) groups excluding carboxylic acids is 1. The first-order valence-corrected chi connectivity index (χ1v) is 9.83. The van der Waals surface area contributed by atoms with E-state index >= 15 is 0 Å². The summed E-state index contributed by atoms with van der Waals surface area (Å²) >= 11 is 0. The van der Waals surface area contributed by atoms with Gasteiger partial charge in [0, 0.05) is 5.56 Å². The second-order valence-electron chi connectivity index (χ2n) is 6.84. The van der Waals surface area contributed by atoms with Gasteiger partial charge in [0.25, 0.3) is 5.91 Å². The van der Waals surface area contributed by atoms with Crippen LogP contribution in [0.1, 0.15) is 46.9 Å². The molecule has 0 radical (unpaired) electrons. The molecule has 0 saturated heterocycles. The van der Waals surface area contributed by atoms with Crippen molar-refractivity contribution in [2.75, 3.05) is 6.61 Å². The summed E-state index contributed by atoms with van der Waals surface area (Å²) in [6, 6.07) is 26.0. The highest BCUT2D eigenvalue weighted by Gasteiger charge is 2.14. The van der Waals surface area contributed by atoms with Crippen LogP contribution in [0.2, 0.25) is 0 Å². The van der Waals surface area contributed by atoms with Crippen LogP contribution in [0.25, 0.3) is 0 Å². The smallest absolute Gasteiger partial charge is 0.252 e. The van der Waals surface area contributed by atoms with Crippen molar-refractivity contribution in [1.82, 2.24) is 5.32 Å². The minimum Gasteiger partial charge on any atom is -0.494 e. The zero-order valence-corrected chi connectivity index (χ0v) is 16.5. The Bertz CT molecular complexity index is 888. The van der Waals surface area contributed by atoms with E-state index in [-0.39, 0.29) is 11.9 Å². The summed E-state index contributed by atoms with van der Waals surface area (Å²) in [4.78, 5) is 12.9. The number of hydrogen-bond donors (Lipinski definition) is 1. The molecule has 28 heavy (non-hydrogen) atoms. The Morgan fingerprint density at radius 1 is 0.893 bits per heavy atom. The van der Waals surface area contributed by atoms with Gasteiger partial charge in [-0.05, 0) is 61.6 Å². The van der Waals surface area contributed by atoms with Gasteiger partial charge >= 0.3 is 0 Å². The molecule has 3 aromatic rings. The fourth-order valence-corrected chi connectivity index (χ4v) is 3.26. The quantitative estimate of drug-likeness (QED) is 0.577. The zero-order chi connectivity index (χ0) is 19.8. The standard InChI is InChI=1S/C25H27NO2/c1-3-28-23-17-15-21(16-18-23)19(2)26-25(27)24-12-8-7-11-22(24)14-13-20-9-5-4-6-10-20/h4-12,15-19H,3,13-14H2,1-2H3,(H,26,27)/t19-/m0/s1. The average molecular weight is 373 g/mol. The maximum Gasteiger partial charge on any atom is 0.252 e. The van der Waals surface area contributed by atoms with E-state index in [1.54, 1.807) is 0 Å². The van der Waals surface area contributed by atoms with Crippen LogP contribution in [0.5, 0.6) is 5.75 Å². The Labute approximate surface area is 167 Å². The van der Waals surface area contributed by atoms with Crippen LogP contribution in [-0.4, -0.2) is 12.5 Å². The van der Waals surface area contributed by atoms with Crippen molar-refractivity contribution >= 4 is 5.91 Å². The summed E-state index contributed by atoms with van der Waals surface area (Å²) in [5.74, 6) is 0.807. The van der Waals surface area contributed by atoms with E-state index in [1.807, 2.05) is 80.6 Å². The second-order valence-corrected chi connectivity index (χ2v) is 6.84. The van der Waals surface area contributed by atoms with Gasteiger partial charge in [0.1, 0.15) is 5.75 Å². The fraction of sp³-hybridized carbons (Fsp3) is 0.240. The van der Waals surface area contributed by atoms with Crippen molar-refractivity contribution in [3.63, 3.8) is 0 Å². The summed E-state index contributed by atoms with van der Waals surface area (Å²) in [5.41, 5.74) is 4.15. The minimum atomic E-state index is -0.0784. The Morgan fingerprint density at radius 3 is 2.29 bits per heavy atom. The predicted octanol–water partition coefficient (Wildman–Crippen LogP) is 5.36. The fourth-order valence-electron chi connectivity index (χ4n) is 3.26. The molecule has 3 nitrogen and oxygen atoms in total. The SMILES string of the molecule is CCOc1ccc([C@H](C)NC(=O)c2ccccc2CCc2ccccc2)cc1. The molecule has 1 N–H and O–H groups in total. The third kappa shape index (κ3) is 5.23. The topological polar surface area (TPSA) is 38.3 Å². The molecule has 0 aliphatic rings. The highest BCUT2D eigenvalue weighted by Crippen LogP contribution is 2.19. The molecule has 0 bridgehead atoms. The van der Waals surface area contributed by atoms with Gasteiger partial charge in [-0.1, -0.05) is 60.7 Å². The van der Waals surface area contributed by atoms with Gasteiger partial charge in [-0.25, -0.2) is 0 Å². The molecule has 0 heterocycles. The number of hydrogen-bond acceptors (Lipinski definition) is 2. The number of rotatable bonds is 8. The molecular weight excluding hydrogens is 346 g/mol. The van der Waals surface area contributed by atoms with Crippen LogP contribution in [0.4, 0.5) is 0 Å². The Morgan fingerprint density at radius 2 is 1.57 bits per heavy atom. The van der Waals surface area contributed by atoms with E-state index in [9.17, 15) is 4.79 Å². The van der Waals surface area contributed by atoms with Crippen LogP contribution in [0.3, 0.4) is 0 Å². The molecule has 3 aromatic carbocycles. The number of aryl methyl sites for hydroxylation is 2. The van der Waals surface area contributed by atoms with Gasteiger partial charge in [-0.3, -0.25) is 4.79 Å². The first-order valence-electron chi connectivity index (χ1n) is 9.83. The van der Waals surface area contributed by atoms with Crippen molar-refractivity contribution in [2.24, 2.45) is 0 Å². The molecule has 0 aliphatic heterocycles. The lowest BCUT2D eigenvalue weighted by Crippen LogP contribution is -2.27. The number of carbonyl (C=O) groups is 1. The second kappa shape index (κ2) is 9.75. The molecule has 1 atom stereocenters. The van der Waals surface area contributed by atoms with Gasteiger partial charge in [0.15, 0.2) is 0 Å². The molecule has 1 amide bonds. The molecule has 0 fully saturated rings. The average Bonchev–Trinajstić information content (AvgIpc) is 2.74. The number of nitrogens with one attached hydrogen (secondary N) is 1. The molecule has 144 valence electrons. The Hall–Kier alpha value is -3.07. The van der Waals surface area contributed by atoms with E-state index in [0.29, 0.717) is 6.61 Å². The van der Waals surface area contributed by atoms with E-state index in [4.69, 9.17) is 4.74 Å². The van der Waals surface area contributed by atoms with Gasteiger partial charge in [-0.2, -0.15) is 0 Å². The Balaban J connectivity index is 1.66. The summed E-state index contributed by atoms with van der Waals surface area (Å²) in [6.07, 6.45) is 1.75. The first kappa shape index (κ1) is 19.7. The number of amides is 1. The molecule has 0 unspecified atom stereocenters. The van der Waals surface area contributed by atoms with Crippen LogP contribution >= 0.6 is 0 Å². The van der Waals surface area contributed by atoms with E-state index in [0.717, 1.165) is 35.3 Å².